The first-order valence-corrected chi connectivity index (χ1v) is 8.21. The molecule has 0 bridgehead atoms. The molecule has 0 saturated carbocycles. The van der Waals surface area contributed by atoms with Crippen molar-refractivity contribution in [2.24, 2.45) is 0 Å². The quantitative estimate of drug-likeness (QED) is 0.613. The van der Waals surface area contributed by atoms with E-state index in [0.29, 0.717) is 10.3 Å². The zero-order chi connectivity index (χ0) is 15.4. The molecule has 112 valence electrons. The normalized spacial score (nSPS) is 10.5. The van der Waals surface area contributed by atoms with Crippen molar-refractivity contribution in [2.45, 2.75) is 26.7 Å². The van der Waals surface area contributed by atoms with Gasteiger partial charge >= 0.3 is 0 Å². The van der Waals surface area contributed by atoms with E-state index >= 15 is 0 Å². The van der Waals surface area contributed by atoms with Crippen molar-refractivity contribution in [3.63, 3.8) is 0 Å². The Morgan fingerprint density at radius 3 is 2.67 bits per heavy atom. The van der Waals surface area contributed by atoms with Crippen molar-refractivity contribution in [2.75, 3.05) is 17.3 Å². The summed E-state index contributed by atoms with van der Waals surface area (Å²) >= 11 is 7.76. The summed E-state index contributed by atoms with van der Waals surface area (Å²) in [5, 5.41) is 11.3. The Morgan fingerprint density at radius 2 is 2.05 bits per heavy atom. The summed E-state index contributed by atoms with van der Waals surface area (Å²) in [7, 11) is 1.88. The molecule has 0 radical (unpaired) electrons. The van der Waals surface area contributed by atoms with E-state index in [2.05, 4.69) is 31.3 Å². The van der Waals surface area contributed by atoms with Gasteiger partial charge in [-0.2, -0.15) is 0 Å². The number of thiophene rings is 1. The highest BCUT2D eigenvalue weighted by Gasteiger charge is 2.12. The van der Waals surface area contributed by atoms with Gasteiger partial charge in [0.05, 0.1) is 5.69 Å². The second kappa shape index (κ2) is 6.96. The van der Waals surface area contributed by atoms with Crippen LogP contribution < -0.4 is 10.2 Å². The average molecular weight is 322 g/mol. The van der Waals surface area contributed by atoms with Gasteiger partial charge in [-0.05, 0) is 36.6 Å². The number of guanidine groups is 1. The molecule has 1 aromatic carbocycles. The number of anilines is 2. The van der Waals surface area contributed by atoms with Gasteiger partial charge in [0.2, 0.25) is 0 Å². The van der Waals surface area contributed by atoms with Crippen LogP contribution in [0.5, 0.6) is 0 Å². The lowest BCUT2D eigenvalue weighted by molar-refractivity contribution is 1.13. The molecule has 0 atom stereocenters. The Hall–Kier alpha value is -1.52. The number of rotatable bonds is 4. The minimum Gasteiger partial charge on any atom is -0.324 e. The van der Waals surface area contributed by atoms with E-state index in [1.165, 1.54) is 10.4 Å². The molecule has 1 heterocycles. The minimum atomic E-state index is 0.311. The van der Waals surface area contributed by atoms with Crippen LogP contribution in [0.3, 0.4) is 0 Å². The number of nitrogens with one attached hydrogen (secondary N) is 2. The highest BCUT2D eigenvalue weighted by molar-refractivity contribution is 7.16. The maximum absolute atomic E-state index is 8.22. The fourth-order valence-electron chi connectivity index (χ4n) is 2.00. The Morgan fingerprint density at radius 1 is 1.29 bits per heavy atom. The lowest BCUT2D eigenvalue weighted by atomic mass is 10.1. The van der Waals surface area contributed by atoms with Crippen LogP contribution in [0.2, 0.25) is 4.34 Å². The van der Waals surface area contributed by atoms with Crippen LogP contribution in [0.25, 0.3) is 0 Å². The minimum absolute atomic E-state index is 0.311. The average Bonchev–Trinajstić information content (AvgIpc) is 2.86. The first kappa shape index (κ1) is 15.9. The maximum atomic E-state index is 8.22. The molecule has 0 amide bonds. The molecule has 2 rings (SSSR count). The van der Waals surface area contributed by atoms with Crippen molar-refractivity contribution in [3.05, 3.63) is 45.1 Å². The standard InChI is InChI=1S/C16H20ClN3S/c1-4-11-7-6-8-12(9-11)20(3)16(18)19-14-10-13(5-2)21-15(14)17/h6-10H,4-5H2,1-3H3,(H2,18,19). The topological polar surface area (TPSA) is 39.1 Å². The summed E-state index contributed by atoms with van der Waals surface area (Å²) in [5.74, 6) is 0.311. The van der Waals surface area contributed by atoms with Gasteiger partial charge in [0.15, 0.2) is 5.96 Å². The molecule has 21 heavy (non-hydrogen) atoms. The lowest BCUT2D eigenvalue weighted by Crippen LogP contribution is -2.31. The van der Waals surface area contributed by atoms with E-state index in [1.807, 2.05) is 30.1 Å². The molecule has 0 aliphatic rings. The number of nitrogens with zero attached hydrogens (tertiary/aromatic N) is 1. The van der Waals surface area contributed by atoms with Crippen molar-refractivity contribution in [1.82, 2.24) is 0 Å². The predicted molar refractivity (Wildman–Crippen MR) is 94.3 cm³/mol. The maximum Gasteiger partial charge on any atom is 0.199 e. The van der Waals surface area contributed by atoms with Crippen LogP contribution in [0.1, 0.15) is 24.3 Å². The van der Waals surface area contributed by atoms with Crippen molar-refractivity contribution in [3.8, 4) is 0 Å². The Labute approximate surface area is 135 Å². The second-order valence-corrected chi connectivity index (χ2v) is 6.55. The molecule has 2 aromatic rings. The first-order valence-electron chi connectivity index (χ1n) is 7.01. The SMILES string of the molecule is CCc1cccc(N(C)C(=N)Nc2cc(CC)sc2Cl)c1. The lowest BCUT2D eigenvalue weighted by Gasteiger charge is -2.21. The van der Waals surface area contributed by atoms with Gasteiger partial charge < -0.3 is 10.2 Å². The summed E-state index contributed by atoms with van der Waals surface area (Å²) in [4.78, 5) is 3.03. The third kappa shape index (κ3) is 3.77. The summed E-state index contributed by atoms with van der Waals surface area (Å²) < 4.78 is 0.701. The van der Waals surface area contributed by atoms with Crippen molar-refractivity contribution in [1.29, 1.82) is 5.41 Å². The van der Waals surface area contributed by atoms with E-state index in [4.69, 9.17) is 17.0 Å². The molecular formula is C16H20ClN3S. The smallest absolute Gasteiger partial charge is 0.199 e. The molecule has 5 heteroatoms. The zero-order valence-electron chi connectivity index (χ0n) is 12.5. The van der Waals surface area contributed by atoms with Gasteiger partial charge in [-0.1, -0.05) is 37.6 Å². The molecule has 3 nitrogen and oxygen atoms in total. The molecule has 1 aromatic heterocycles. The number of benzene rings is 1. The van der Waals surface area contributed by atoms with Crippen molar-refractivity contribution >= 4 is 40.3 Å². The van der Waals surface area contributed by atoms with Gasteiger partial charge in [-0.3, -0.25) is 5.41 Å². The number of aryl methyl sites for hydroxylation is 2. The predicted octanol–water partition coefficient (Wildman–Crippen LogP) is 5.01. The molecular weight excluding hydrogens is 302 g/mol. The van der Waals surface area contributed by atoms with Crippen LogP contribution >= 0.6 is 22.9 Å². The van der Waals surface area contributed by atoms with Gasteiger partial charge in [-0.25, -0.2) is 0 Å². The molecule has 0 unspecified atom stereocenters. The van der Waals surface area contributed by atoms with Gasteiger partial charge in [0.1, 0.15) is 4.34 Å². The third-order valence-electron chi connectivity index (χ3n) is 3.38. The zero-order valence-corrected chi connectivity index (χ0v) is 14.1. The van der Waals surface area contributed by atoms with Gasteiger partial charge in [-0.15, -0.1) is 11.3 Å². The summed E-state index contributed by atoms with van der Waals surface area (Å²) in [6, 6.07) is 10.2. The molecule has 0 aliphatic heterocycles. The molecule has 0 saturated heterocycles. The van der Waals surface area contributed by atoms with Crippen LogP contribution in [0.15, 0.2) is 30.3 Å². The number of hydrogen-bond acceptors (Lipinski definition) is 2. The second-order valence-electron chi connectivity index (χ2n) is 4.81. The third-order valence-corrected chi connectivity index (χ3v) is 4.88. The summed E-state index contributed by atoms with van der Waals surface area (Å²) in [6.07, 6.45) is 1.94. The van der Waals surface area contributed by atoms with Crippen LogP contribution in [-0.2, 0) is 12.8 Å². The largest absolute Gasteiger partial charge is 0.324 e. The monoisotopic (exact) mass is 321 g/mol. The van der Waals surface area contributed by atoms with Gasteiger partial charge in [0, 0.05) is 17.6 Å². The fourth-order valence-corrected chi connectivity index (χ4v) is 3.17. The Kier molecular flexibility index (Phi) is 5.26. The summed E-state index contributed by atoms with van der Waals surface area (Å²) in [6.45, 7) is 4.22. The van der Waals surface area contributed by atoms with E-state index in [9.17, 15) is 0 Å². The summed E-state index contributed by atoms with van der Waals surface area (Å²) in [5.41, 5.74) is 3.06. The van der Waals surface area contributed by atoms with Crippen LogP contribution in [0, 0.1) is 5.41 Å². The van der Waals surface area contributed by atoms with E-state index in [-0.39, 0.29) is 0 Å². The van der Waals surface area contributed by atoms with Crippen molar-refractivity contribution < 1.29 is 0 Å². The molecule has 2 N–H and O–H groups in total. The molecule has 0 spiro atoms. The van der Waals surface area contributed by atoms with E-state index in [1.54, 1.807) is 11.3 Å². The highest BCUT2D eigenvalue weighted by Crippen LogP contribution is 2.32. The number of halogens is 1. The first-order chi connectivity index (χ1) is 10.0. The van der Waals surface area contributed by atoms with Gasteiger partial charge in [0.25, 0.3) is 0 Å². The fraction of sp³-hybridized carbons (Fsp3) is 0.312. The molecule has 0 aliphatic carbocycles. The van der Waals surface area contributed by atoms with Crippen LogP contribution in [-0.4, -0.2) is 13.0 Å². The number of hydrogen-bond donors (Lipinski definition) is 2. The Bertz CT molecular complexity index is 636. The van der Waals surface area contributed by atoms with E-state index in [0.717, 1.165) is 24.2 Å². The highest BCUT2D eigenvalue weighted by atomic mass is 35.5. The van der Waals surface area contributed by atoms with E-state index < -0.39 is 0 Å². The molecule has 0 fully saturated rings. The van der Waals surface area contributed by atoms with Crippen LogP contribution in [0.4, 0.5) is 11.4 Å². The Balaban J connectivity index is 2.13.